The summed E-state index contributed by atoms with van der Waals surface area (Å²) < 4.78 is 42.5. The van der Waals surface area contributed by atoms with Crippen molar-refractivity contribution < 1.29 is 22.7 Å². The molecule has 1 rings (SSSR count). The van der Waals surface area contributed by atoms with Crippen LogP contribution in [0, 0.1) is 11.8 Å². The van der Waals surface area contributed by atoms with E-state index < -0.39 is 18.1 Å². The Morgan fingerprint density at radius 2 is 1.80 bits per heavy atom. The fourth-order valence-corrected chi connectivity index (χ4v) is 2.72. The highest BCUT2D eigenvalue weighted by molar-refractivity contribution is 5.75. The van der Waals surface area contributed by atoms with Crippen molar-refractivity contribution in [1.82, 2.24) is 5.32 Å². The summed E-state index contributed by atoms with van der Waals surface area (Å²) in [5.74, 6) is -1.21. The summed E-state index contributed by atoms with van der Waals surface area (Å²) in [5, 5.41) is 3.17. The molecule has 1 fully saturated rings. The fraction of sp³-hybridized carbons (Fsp3) is 0.929. The van der Waals surface area contributed by atoms with Crippen molar-refractivity contribution >= 4 is 5.97 Å². The van der Waals surface area contributed by atoms with Crippen LogP contribution in [0.2, 0.25) is 0 Å². The van der Waals surface area contributed by atoms with E-state index in [1.165, 1.54) is 7.11 Å². The fourth-order valence-electron chi connectivity index (χ4n) is 2.72. The lowest BCUT2D eigenvalue weighted by molar-refractivity contribution is -0.183. The van der Waals surface area contributed by atoms with E-state index in [4.69, 9.17) is 4.74 Å². The summed E-state index contributed by atoms with van der Waals surface area (Å²) in [5.41, 5.74) is 0. The molecule has 0 aromatic carbocycles. The first-order valence-corrected chi connectivity index (χ1v) is 7.14. The minimum atomic E-state index is -4.09. The Bertz CT molecular complexity index is 310. The normalized spacial score (nSPS) is 25.6. The van der Waals surface area contributed by atoms with Gasteiger partial charge in [-0.05, 0) is 38.0 Å². The van der Waals surface area contributed by atoms with Gasteiger partial charge in [-0.1, -0.05) is 13.8 Å². The Morgan fingerprint density at radius 3 is 2.20 bits per heavy atom. The second-order valence-electron chi connectivity index (χ2n) is 5.96. The number of nitrogens with one attached hydrogen (secondary N) is 1. The van der Waals surface area contributed by atoms with Crippen molar-refractivity contribution in [1.29, 1.82) is 0 Å². The van der Waals surface area contributed by atoms with Crippen molar-refractivity contribution in [3.63, 3.8) is 0 Å². The molecule has 1 unspecified atom stereocenters. The van der Waals surface area contributed by atoms with E-state index in [0.29, 0.717) is 25.2 Å². The van der Waals surface area contributed by atoms with Crippen LogP contribution in [0.25, 0.3) is 0 Å². The molecule has 0 saturated heterocycles. The van der Waals surface area contributed by atoms with Crippen molar-refractivity contribution in [2.24, 2.45) is 11.8 Å². The highest BCUT2D eigenvalue weighted by atomic mass is 19.4. The second kappa shape index (κ2) is 7.29. The van der Waals surface area contributed by atoms with Crippen LogP contribution in [0.4, 0.5) is 13.2 Å². The van der Waals surface area contributed by atoms with Gasteiger partial charge in [0.25, 0.3) is 0 Å². The summed E-state index contributed by atoms with van der Waals surface area (Å²) in [6.07, 6.45) is -2.28. The lowest BCUT2D eigenvalue weighted by Crippen LogP contribution is -2.46. The van der Waals surface area contributed by atoms with Crippen LogP contribution < -0.4 is 5.32 Å². The van der Waals surface area contributed by atoms with Gasteiger partial charge >= 0.3 is 12.1 Å². The molecule has 20 heavy (non-hydrogen) atoms. The molecule has 1 N–H and O–H groups in total. The van der Waals surface area contributed by atoms with Gasteiger partial charge in [0.2, 0.25) is 0 Å². The number of hydrogen-bond donors (Lipinski definition) is 1. The van der Waals surface area contributed by atoms with Gasteiger partial charge in [0.15, 0.2) is 0 Å². The molecule has 0 radical (unpaired) electrons. The minimum absolute atomic E-state index is 0.0311. The molecule has 0 heterocycles. The molecular weight excluding hydrogens is 271 g/mol. The Balaban J connectivity index is 2.49. The highest BCUT2D eigenvalue weighted by Gasteiger charge is 2.41. The monoisotopic (exact) mass is 295 g/mol. The summed E-state index contributed by atoms with van der Waals surface area (Å²) in [7, 11) is 1.33. The smallest absolute Gasteiger partial charge is 0.391 e. The minimum Gasteiger partial charge on any atom is -0.468 e. The van der Waals surface area contributed by atoms with Gasteiger partial charge in [-0.2, -0.15) is 13.2 Å². The predicted octanol–water partition coefficient (Wildman–Crippen LogP) is 3.28. The molecule has 6 heteroatoms. The topological polar surface area (TPSA) is 38.3 Å². The number of carbonyl (C=O) groups excluding carboxylic acids is 1. The first kappa shape index (κ1) is 17.3. The van der Waals surface area contributed by atoms with E-state index in [0.717, 1.165) is 0 Å². The van der Waals surface area contributed by atoms with Gasteiger partial charge in [0, 0.05) is 6.04 Å². The van der Waals surface area contributed by atoms with Crippen molar-refractivity contribution in [3.05, 3.63) is 0 Å². The van der Waals surface area contributed by atoms with Crippen LogP contribution in [-0.4, -0.2) is 31.3 Å². The number of alkyl halides is 3. The molecule has 0 spiro atoms. The molecule has 1 saturated carbocycles. The predicted molar refractivity (Wildman–Crippen MR) is 70.2 cm³/mol. The lowest BCUT2D eigenvalue weighted by Gasteiger charge is -2.32. The number of halogens is 3. The number of rotatable bonds is 5. The van der Waals surface area contributed by atoms with Gasteiger partial charge in [0.05, 0.1) is 13.0 Å². The highest BCUT2D eigenvalue weighted by Crippen LogP contribution is 2.37. The number of methoxy groups -OCH3 is 1. The third-order valence-electron chi connectivity index (χ3n) is 3.82. The van der Waals surface area contributed by atoms with Gasteiger partial charge in [-0.15, -0.1) is 0 Å². The number of carbonyl (C=O) groups is 1. The van der Waals surface area contributed by atoms with E-state index in [9.17, 15) is 18.0 Å². The van der Waals surface area contributed by atoms with E-state index in [-0.39, 0.29) is 24.9 Å². The lowest BCUT2D eigenvalue weighted by atomic mass is 9.85. The molecule has 3 nitrogen and oxygen atoms in total. The second-order valence-corrected chi connectivity index (χ2v) is 5.96. The Labute approximate surface area is 118 Å². The average Bonchev–Trinajstić information content (AvgIpc) is 2.36. The zero-order chi connectivity index (χ0) is 15.3. The largest absolute Gasteiger partial charge is 0.468 e. The SMILES string of the molecule is COC(=O)C(CC(C)C)NC1CCC(C(F)(F)F)CC1. The van der Waals surface area contributed by atoms with Crippen LogP contribution >= 0.6 is 0 Å². The molecule has 0 aliphatic heterocycles. The van der Waals surface area contributed by atoms with Gasteiger partial charge in [-0.25, -0.2) is 0 Å². The van der Waals surface area contributed by atoms with Crippen LogP contribution in [0.1, 0.15) is 46.0 Å². The number of hydrogen-bond acceptors (Lipinski definition) is 3. The summed E-state index contributed by atoms with van der Waals surface area (Å²) >= 11 is 0. The van der Waals surface area contributed by atoms with E-state index >= 15 is 0 Å². The molecule has 0 amide bonds. The third-order valence-corrected chi connectivity index (χ3v) is 3.82. The molecule has 118 valence electrons. The van der Waals surface area contributed by atoms with Gasteiger partial charge < -0.3 is 10.1 Å². The standard InChI is InChI=1S/C14H24F3NO2/c1-9(2)8-12(13(19)20-3)18-11-6-4-10(5-7-11)14(15,16)17/h9-12,18H,4-8H2,1-3H3. The van der Waals surface area contributed by atoms with Crippen molar-refractivity contribution in [2.45, 2.75) is 64.2 Å². The maximum atomic E-state index is 12.6. The molecule has 1 atom stereocenters. The first-order chi connectivity index (χ1) is 9.24. The zero-order valence-electron chi connectivity index (χ0n) is 12.3. The maximum absolute atomic E-state index is 12.6. The Hall–Kier alpha value is -0.780. The molecule has 0 bridgehead atoms. The first-order valence-electron chi connectivity index (χ1n) is 7.14. The van der Waals surface area contributed by atoms with Crippen LogP contribution in [0.3, 0.4) is 0 Å². The van der Waals surface area contributed by atoms with E-state index in [1.54, 1.807) is 0 Å². The van der Waals surface area contributed by atoms with Crippen molar-refractivity contribution in [3.8, 4) is 0 Å². The molecule has 1 aliphatic carbocycles. The van der Waals surface area contributed by atoms with Crippen molar-refractivity contribution in [2.75, 3.05) is 7.11 Å². The average molecular weight is 295 g/mol. The molecular formula is C14H24F3NO2. The third kappa shape index (κ3) is 5.31. The molecule has 1 aliphatic rings. The van der Waals surface area contributed by atoms with E-state index in [2.05, 4.69) is 5.32 Å². The van der Waals surface area contributed by atoms with Crippen LogP contribution in [0.15, 0.2) is 0 Å². The number of esters is 1. The molecule has 0 aromatic heterocycles. The quantitative estimate of drug-likeness (QED) is 0.791. The number of ether oxygens (including phenoxy) is 1. The summed E-state index contributed by atoms with van der Waals surface area (Å²) in [4.78, 5) is 11.7. The zero-order valence-corrected chi connectivity index (χ0v) is 12.3. The summed E-state index contributed by atoms with van der Waals surface area (Å²) in [6.45, 7) is 4.00. The van der Waals surface area contributed by atoms with Gasteiger partial charge in [0.1, 0.15) is 6.04 Å². The maximum Gasteiger partial charge on any atom is 0.391 e. The molecule has 0 aromatic rings. The van der Waals surface area contributed by atoms with E-state index in [1.807, 2.05) is 13.8 Å². The van der Waals surface area contributed by atoms with Gasteiger partial charge in [-0.3, -0.25) is 4.79 Å². The van der Waals surface area contributed by atoms with Crippen LogP contribution in [-0.2, 0) is 9.53 Å². The Kier molecular flexibility index (Phi) is 6.30. The van der Waals surface area contributed by atoms with Crippen LogP contribution in [0.5, 0.6) is 0 Å². The summed E-state index contributed by atoms with van der Waals surface area (Å²) in [6, 6.07) is -0.455. The Morgan fingerprint density at radius 1 is 1.25 bits per heavy atom.